The first-order valence-corrected chi connectivity index (χ1v) is 5.45. The van der Waals surface area contributed by atoms with E-state index in [4.69, 9.17) is 5.11 Å². The highest BCUT2D eigenvalue weighted by Gasteiger charge is 2.13. The predicted octanol–water partition coefficient (Wildman–Crippen LogP) is 3.42. The quantitative estimate of drug-likeness (QED) is 0.838. The second-order valence-corrected chi connectivity index (χ2v) is 4.15. The number of benzene rings is 1. The maximum Gasteiger partial charge on any atom is 0.336 e. The minimum atomic E-state index is -0.856. The van der Waals surface area contributed by atoms with Crippen LogP contribution in [-0.2, 0) is 0 Å². The Balaban J connectivity index is 2.52. The molecule has 0 aliphatic rings. The summed E-state index contributed by atoms with van der Waals surface area (Å²) in [6.07, 6.45) is 0. The summed E-state index contributed by atoms with van der Waals surface area (Å²) in [7, 11) is 0. The molecule has 15 heavy (non-hydrogen) atoms. The Kier molecular flexibility index (Phi) is 2.56. The SMILES string of the molecule is Cc1c(C(=O)O)csc1-c1ccccc1. The number of rotatable bonds is 2. The molecule has 0 aliphatic heterocycles. The first-order chi connectivity index (χ1) is 7.20. The summed E-state index contributed by atoms with van der Waals surface area (Å²) in [6.45, 7) is 1.85. The zero-order chi connectivity index (χ0) is 10.8. The molecule has 76 valence electrons. The summed E-state index contributed by atoms with van der Waals surface area (Å²) in [5.74, 6) is -0.856. The molecule has 3 heteroatoms. The van der Waals surface area contributed by atoms with E-state index in [2.05, 4.69) is 0 Å². The second-order valence-electron chi connectivity index (χ2n) is 3.27. The summed E-state index contributed by atoms with van der Waals surface area (Å²) >= 11 is 1.48. The van der Waals surface area contributed by atoms with Crippen LogP contribution in [-0.4, -0.2) is 11.1 Å². The molecular formula is C12H10O2S. The van der Waals surface area contributed by atoms with E-state index >= 15 is 0 Å². The van der Waals surface area contributed by atoms with Gasteiger partial charge in [0.25, 0.3) is 0 Å². The molecule has 2 nitrogen and oxygen atoms in total. The molecular weight excluding hydrogens is 208 g/mol. The van der Waals surface area contributed by atoms with Crippen molar-refractivity contribution in [1.82, 2.24) is 0 Å². The molecule has 0 spiro atoms. The summed E-state index contributed by atoms with van der Waals surface area (Å²) in [5, 5.41) is 10.6. The van der Waals surface area contributed by atoms with E-state index < -0.39 is 5.97 Å². The van der Waals surface area contributed by atoms with Crippen LogP contribution in [0.3, 0.4) is 0 Å². The van der Waals surface area contributed by atoms with E-state index in [9.17, 15) is 4.79 Å². The van der Waals surface area contributed by atoms with Crippen LogP contribution in [0.15, 0.2) is 35.7 Å². The number of carboxylic acid groups (broad SMARTS) is 1. The van der Waals surface area contributed by atoms with Gasteiger partial charge in [0.1, 0.15) is 0 Å². The van der Waals surface area contributed by atoms with E-state index in [0.29, 0.717) is 5.56 Å². The van der Waals surface area contributed by atoms with E-state index in [1.807, 2.05) is 37.3 Å². The van der Waals surface area contributed by atoms with E-state index in [1.165, 1.54) is 11.3 Å². The highest BCUT2D eigenvalue weighted by Crippen LogP contribution is 2.31. The lowest BCUT2D eigenvalue weighted by Gasteiger charge is -1.99. The molecule has 0 unspecified atom stereocenters. The summed E-state index contributed by atoms with van der Waals surface area (Å²) in [4.78, 5) is 11.9. The largest absolute Gasteiger partial charge is 0.478 e. The lowest BCUT2D eigenvalue weighted by atomic mass is 10.1. The maximum absolute atomic E-state index is 10.9. The molecule has 0 fully saturated rings. The van der Waals surface area contributed by atoms with Crippen molar-refractivity contribution in [3.63, 3.8) is 0 Å². The summed E-state index contributed by atoms with van der Waals surface area (Å²) < 4.78 is 0. The van der Waals surface area contributed by atoms with Crippen LogP contribution in [0.1, 0.15) is 15.9 Å². The summed E-state index contributed by atoms with van der Waals surface area (Å²) in [5.41, 5.74) is 2.32. The van der Waals surface area contributed by atoms with Gasteiger partial charge in [0.05, 0.1) is 5.56 Å². The van der Waals surface area contributed by atoms with Gasteiger partial charge in [-0.15, -0.1) is 11.3 Å². The average Bonchev–Trinajstić information content (AvgIpc) is 2.61. The van der Waals surface area contributed by atoms with Gasteiger partial charge in [0.15, 0.2) is 0 Å². The van der Waals surface area contributed by atoms with Crippen molar-refractivity contribution in [3.05, 3.63) is 46.8 Å². The first kappa shape index (κ1) is 9.93. The van der Waals surface area contributed by atoms with Crippen LogP contribution in [0.25, 0.3) is 10.4 Å². The van der Waals surface area contributed by atoms with Gasteiger partial charge in [-0.2, -0.15) is 0 Å². The molecule has 0 amide bonds. The van der Waals surface area contributed by atoms with Gasteiger partial charge >= 0.3 is 5.97 Å². The Labute approximate surface area is 91.8 Å². The summed E-state index contributed by atoms with van der Waals surface area (Å²) in [6, 6.07) is 9.84. The number of thiophene rings is 1. The fraction of sp³-hybridized carbons (Fsp3) is 0.0833. The van der Waals surface area contributed by atoms with Crippen molar-refractivity contribution in [2.45, 2.75) is 6.92 Å². The standard InChI is InChI=1S/C12H10O2S/c1-8-10(12(13)14)7-15-11(8)9-5-3-2-4-6-9/h2-7H,1H3,(H,13,14). The zero-order valence-electron chi connectivity index (χ0n) is 8.23. The number of aromatic carboxylic acids is 1. The van der Waals surface area contributed by atoms with Gasteiger partial charge in [-0.3, -0.25) is 0 Å². The van der Waals surface area contributed by atoms with Gasteiger partial charge in [-0.25, -0.2) is 4.79 Å². The third-order valence-electron chi connectivity index (χ3n) is 2.31. The zero-order valence-corrected chi connectivity index (χ0v) is 9.04. The minimum Gasteiger partial charge on any atom is -0.478 e. The lowest BCUT2D eigenvalue weighted by Crippen LogP contribution is -1.95. The molecule has 1 aromatic heterocycles. The first-order valence-electron chi connectivity index (χ1n) is 4.57. The number of carboxylic acids is 1. The topological polar surface area (TPSA) is 37.3 Å². The van der Waals surface area contributed by atoms with Gasteiger partial charge < -0.3 is 5.11 Å². The second kappa shape index (κ2) is 3.87. The molecule has 0 radical (unpaired) electrons. The normalized spacial score (nSPS) is 10.2. The number of hydrogen-bond donors (Lipinski definition) is 1. The van der Waals surface area contributed by atoms with Gasteiger partial charge in [0.2, 0.25) is 0 Å². The lowest BCUT2D eigenvalue weighted by molar-refractivity contribution is 0.0697. The Morgan fingerprint density at radius 2 is 1.93 bits per heavy atom. The van der Waals surface area contributed by atoms with Gasteiger partial charge in [-0.05, 0) is 18.1 Å². The van der Waals surface area contributed by atoms with Crippen LogP contribution in [0, 0.1) is 6.92 Å². The molecule has 0 saturated heterocycles. The molecule has 1 N–H and O–H groups in total. The Bertz CT molecular complexity index is 486. The predicted molar refractivity (Wildman–Crippen MR) is 61.5 cm³/mol. The molecule has 0 saturated carbocycles. The van der Waals surface area contributed by atoms with Crippen LogP contribution in [0.2, 0.25) is 0 Å². The van der Waals surface area contributed by atoms with E-state index in [0.717, 1.165) is 16.0 Å². The van der Waals surface area contributed by atoms with Crippen LogP contribution in [0.5, 0.6) is 0 Å². The average molecular weight is 218 g/mol. The Hall–Kier alpha value is -1.61. The smallest absolute Gasteiger partial charge is 0.336 e. The van der Waals surface area contributed by atoms with Gasteiger partial charge in [0, 0.05) is 10.3 Å². The Morgan fingerprint density at radius 1 is 1.27 bits per heavy atom. The van der Waals surface area contributed by atoms with Crippen molar-refractivity contribution < 1.29 is 9.90 Å². The molecule has 2 rings (SSSR count). The molecule has 2 aromatic rings. The molecule has 1 heterocycles. The maximum atomic E-state index is 10.9. The minimum absolute atomic E-state index is 0.402. The van der Waals surface area contributed by atoms with Crippen LogP contribution in [0.4, 0.5) is 0 Å². The fourth-order valence-corrected chi connectivity index (χ4v) is 2.57. The highest BCUT2D eigenvalue weighted by molar-refractivity contribution is 7.14. The van der Waals surface area contributed by atoms with Crippen molar-refractivity contribution in [2.75, 3.05) is 0 Å². The monoisotopic (exact) mass is 218 g/mol. The Morgan fingerprint density at radius 3 is 2.47 bits per heavy atom. The van der Waals surface area contributed by atoms with E-state index in [1.54, 1.807) is 5.38 Å². The third-order valence-corrected chi connectivity index (χ3v) is 3.44. The molecule has 0 bridgehead atoms. The number of hydrogen-bond acceptors (Lipinski definition) is 2. The van der Waals surface area contributed by atoms with Crippen LogP contribution >= 0.6 is 11.3 Å². The molecule has 1 aromatic carbocycles. The highest BCUT2D eigenvalue weighted by atomic mass is 32.1. The van der Waals surface area contributed by atoms with E-state index in [-0.39, 0.29) is 0 Å². The molecule has 0 aliphatic carbocycles. The molecule has 0 atom stereocenters. The van der Waals surface area contributed by atoms with Crippen molar-refractivity contribution in [2.24, 2.45) is 0 Å². The van der Waals surface area contributed by atoms with Crippen molar-refractivity contribution in [3.8, 4) is 10.4 Å². The number of carbonyl (C=O) groups is 1. The van der Waals surface area contributed by atoms with Crippen molar-refractivity contribution in [1.29, 1.82) is 0 Å². The van der Waals surface area contributed by atoms with Crippen LogP contribution < -0.4 is 0 Å². The third kappa shape index (κ3) is 1.78. The van der Waals surface area contributed by atoms with Crippen molar-refractivity contribution >= 4 is 17.3 Å². The fourth-order valence-electron chi connectivity index (χ4n) is 1.50. The van der Waals surface area contributed by atoms with Gasteiger partial charge in [-0.1, -0.05) is 30.3 Å².